The molecule has 3 aromatic rings. The third-order valence-corrected chi connectivity index (χ3v) is 6.78. The maximum atomic E-state index is 12.3. The van der Waals surface area contributed by atoms with Gasteiger partial charge in [-0.2, -0.15) is 0 Å². The van der Waals surface area contributed by atoms with Gasteiger partial charge < -0.3 is 15.4 Å². The Morgan fingerprint density at radius 2 is 1.82 bits per heavy atom. The molecule has 0 unspecified atom stereocenters. The van der Waals surface area contributed by atoms with E-state index in [1.54, 1.807) is 18.2 Å². The van der Waals surface area contributed by atoms with Gasteiger partial charge in [0.05, 0.1) is 16.3 Å². The van der Waals surface area contributed by atoms with Gasteiger partial charge in [-0.15, -0.1) is 0 Å². The Hall–Kier alpha value is -2.63. The summed E-state index contributed by atoms with van der Waals surface area (Å²) in [6, 6.07) is 22.3. The van der Waals surface area contributed by atoms with Crippen LogP contribution in [-0.4, -0.2) is 23.6 Å². The van der Waals surface area contributed by atoms with E-state index >= 15 is 0 Å². The second-order valence-electron chi connectivity index (χ2n) is 6.84. The number of hydrogen-bond donors (Lipinski definition) is 2. The van der Waals surface area contributed by atoms with Crippen molar-refractivity contribution in [1.29, 1.82) is 0 Å². The summed E-state index contributed by atoms with van der Waals surface area (Å²) < 4.78 is 7.50. The average Bonchev–Trinajstić information content (AvgIpc) is 3.15. The fourth-order valence-corrected chi connectivity index (χ4v) is 4.45. The lowest BCUT2D eigenvalue weighted by Crippen LogP contribution is -2.20. The van der Waals surface area contributed by atoms with Crippen LogP contribution in [0.15, 0.2) is 87.2 Å². The molecule has 2 N–H and O–H groups in total. The van der Waals surface area contributed by atoms with E-state index in [4.69, 9.17) is 4.74 Å². The SMILES string of the molecule is O=C(COc1ccc(/C=C2\SC(=Nc3ccc(Br)cc3)NC2=O)cc1)Nc1ccccc1I. The van der Waals surface area contributed by atoms with Crippen LogP contribution in [0.4, 0.5) is 11.4 Å². The predicted molar refractivity (Wildman–Crippen MR) is 145 cm³/mol. The Balaban J connectivity index is 1.34. The maximum absolute atomic E-state index is 12.3. The lowest BCUT2D eigenvalue weighted by molar-refractivity contribution is -0.118. The van der Waals surface area contributed by atoms with Crippen molar-refractivity contribution in [3.8, 4) is 5.75 Å². The number of nitrogens with zero attached hydrogens (tertiary/aromatic N) is 1. The lowest BCUT2D eigenvalue weighted by atomic mass is 10.2. The number of thioether (sulfide) groups is 1. The van der Waals surface area contributed by atoms with Crippen LogP contribution >= 0.6 is 50.3 Å². The molecule has 6 nitrogen and oxygen atoms in total. The minimum atomic E-state index is -0.234. The molecule has 0 atom stereocenters. The topological polar surface area (TPSA) is 79.8 Å². The molecule has 1 fully saturated rings. The first kappa shape index (κ1) is 23.5. The Morgan fingerprint density at radius 3 is 2.55 bits per heavy atom. The summed E-state index contributed by atoms with van der Waals surface area (Å²) >= 11 is 6.84. The Kier molecular flexibility index (Phi) is 7.84. The summed E-state index contributed by atoms with van der Waals surface area (Å²) in [5.41, 5.74) is 2.35. The quantitative estimate of drug-likeness (QED) is 0.259. The molecule has 0 radical (unpaired) electrons. The van der Waals surface area contributed by atoms with Gasteiger partial charge in [0.15, 0.2) is 11.8 Å². The molecule has 166 valence electrons. The molecule has 1 heterocycles. The number of aliphatic imine (C=N–C) groups is 1. The van der Waals surface area contributed by atoms with Crippen LogP contribution in [-0.2, 0) is 9.59 Å². The van der Waals surface area contributed by atoms with Crippen LogP contribution in [0.1, 0.15) is 5.56 Å². The van der Waals surface area contributed by atoms with E-state index in [-0.39, 0.29) is 18.4 Å². The molecule has 0 spiro atoms. The highest BCUT2D eigenvalue weighted by molar-refractivity contribution is 14.1. The van der Waals surface area contributed by atoms with Crippen molar-refractivity contribution in [2.45, 2.75) is 0 Å². The van der Waals surface area contributed by atoms with Crippen molar-refractivity contribution in [3.05, 3.63) is 91.3 Å². The minimum absolute atomic E-state index is 0.0977. The molecule has 1 aliphatic heterocycles. The second kappa shape index (κ2) is 11.0. The fourth-order valence-electron chi connectivity index (χ4n) is 2.82. The first-order valence-corrected chi connectivity index (χ1v) is 12.5. The summed E-state index contributed by atoms with van der Waals surface area (Å²) in [4.78, 5) is 29.4. The zero-order valence-electron chi connectivity index (χ0n) is 17.0. The molecule has 0 aliphatic carbocycles. The van der Waals surface area contributed by atoms with E-state index in [9.17, 15) is 9.59 Å². The normalized spacial score (nSPS) is 15.5. The van der Waals surface area contributed by atoms with E-state index < -0.39 is 0 Å². The lowest BCUT2D eigenvalue weighted by Gasteiger charge is -2.09. The number of halogens is 2. The number of nitrogens with one attached hydrogen (secondary N) is 2. The molecule has 0 bridgehead atoms. The summed E-state index contributed by atoms with van der Waals surface area (Å²) in [5.74, 6) is 0.140. The first-order chi connectivity index (χ1) is 16.0. The van der Waals surface area contributed by atoms with Gasteiger partial charge in [-0.05, 0) is 94.5 Å². The Morgan fingerprint density at radius 1 is 1.09 bits per heavy atom. The third kappa shape index (κ3) is 6.68. The van der Waals surface area contributed by atoms with Gasteiger partial charge in [-0.3, -0.25) is 9.59 Å². The van der Waals surface area contributed by atoms with E-state index in [2.05, 4.69) is 54.1 Å². The molecule has 4 rings (SSSR count). The molecule has 2 amide bonds. The van der Waals surface area contributed by atoms with Crippen LogP contribution in [0.5, 0.6) is 5.75 Å². The highest BCUT2D eigenvalue weighted by atomic mass is 127. The average molecular weight is 634 g/mol. The number of carbonyl (C=O) groups excluding carboxylic acids is 2. The predicted octanol–water partition coefficient (Wildman–Crippen LogP) is 5.96. The van der Waals surface area contributed by atoms with Gasteiger partial charge in [-0.1, -0.05) is 40.2 Å². The summed E-state index contributed by atoms with van der Waals surface area (Å²) in [7, 11) is 0. The van der Waals surface area contributed by atoms with Crippen LogP contribution in [0, 0.1) is 3.57 Å². The van der Waals surface area contributed by atoms with Crippen LogP contribution < -0.4 is 15.4 Å². The number of rotatable bonds is 6. The van der Waals surface area contributed by atoms with Crippen molar-refractivity contribution in [2.75, 3.05) is 11.9 Å². The van der Waals surface area contributed by atoms with Gasteiger partial charge in [0.1, 0.15) is 5.75 Å². The van der Waals surface area contributed by atoms with Gasteiger partial charge in [0, 0.05) is 8.04 Å². The van der Waals surface area contributed by atoms with Crippen molar-refractivity contribution in [2.24, 2.45) is 4.99 Å². The van der Waals surface area contributed by atoms with Gasteiger partial charge in [0.25, 0.3) is 11.8 Å². The number of amidine groups is 1. The second-order valence-corrected chi connectivity index (χ2v) is 9.95. The van der Waals surface area contributed by atoms with Crippen LogP contribution in [0.2, 0.25) is 0 Å². The standard InChI is InChI=1S/C24H17BrIN3O3S/c25-16-7-9-17(10-8-16)27-24-29-23(31)21(33-24)13-15-5-11-18(12-6-15)32-14-22(30)28-20-4-2-1-3-19(20)26/h1-13H,14H2,(H,28,30)(H,27,29,31)/b21-13-. The molecular formula is C24H17BrIN3O3S. The Labute approximate surface area is 217 Å². The number of para-hydroxylation sites is 1. The molecule has 1 saturated heterocycles. The fraction of sp³-hybridized carbons (Fsp3) is 0.0417. The highest BCUT2D eigenvalue weighted by Gasteiger charge is 2.23. The minimum Gasteiger partial charge on any atom is -0.484 e. The van der Waals surface area contributed by atoms with Gasteiger partial charge >= 0.3 is 0 Å². The van der Waals surface area contributed by atoms with E-state index in [0.717, 1.165) is 25.0 Å². The molecule has 9 heteroatoms. The van der Waals surface area contributed by atoms with E-state index in [0.29, 0.717) is 15.8 Å². The van der Waals surface area contributed by atoms with Gasteiger partial charge in [-0.25, -0.2) is 4.99 Å². The molecule has 0 saturated carbocycles. The summed E-state index contributed by atoms with van der Waals surface area (Å²) in [5, 5.41) is 6.14. The zero-order chi connectivity index (χ0) is 23.2. The van der Waals surface area contributed by atoms with Crippen molar-refractivity contribution in [1.82, 2.24) is 5.32 Å². The maximum Gasteiger partial charge on any atom is 0.264 e. The summed E-state index contributed by atoms with van der Waals surface area (Å²) in [6.07, 6.45) is 1.79. The number of carbonyl (C=O) groups is 2. The van der Waals surface area contributed by atoms with Crippen molar-refractivity contribution in [3.63, 3.8) is 0 Å². The molecule has 1 aliphatic rings. The number of amides is 2. The van der Waals surface area contributed by atoms with Crippen molar-refractivity contribution < 1.29 is 14.3 Å². The van der Waals surface area contributed by atoms with Crippen LogP contribution in [0.3, 0.4) is 0 Å². The van der Waals surface area contributed by atoms with Crippen LogP contribution in [0.25, 0.3) is 6.08 Å². The highest BCUT2D eigenvalue weighted by Crippen LogP contribution is 2.29. The van der Waals surface area contributed by atoms with E-state index in [1.807, 2.05) is 60.7 Å². The smallest absolute Gasteiger partial charge is 0.264 e. The molecular weight excluding hydrogens is 617 g/mol. The number of anilines is 1. The van der Waals surface area contributed by atoms with E-state index in [1.165, 1.54) is 11.8 Å². The van der Waals surface area contributed by atoms with Crippen molar-refractivity contribution >= 4 is 84.7 Å². The number of ether oxygens (including phenoxy) is 1. The molecule has 33 heavy (non-hydrogen) atoms. The monoisotopic (exact) mass is 633 g/mol. The summed E-state index contributed by atoms with van der Waals surface area (Å²) in [6.45, 7) is -0.0977. The molecule has 0 aromatic heterocycles. The zero-order valence-corrected chi connectivity index (χ0v) is 21.6. The largest absolute Gasteiger partial charge is 0.484 e. The third-order valence-electron chi connectivity index (χ3n) is 4.40. The van der Waals surface area contributed by atoms with Gasteiger partial charge in [0.2, 0.25) is 0 Å². The first-order valence-electron chi connectivity index (χ1n) is 9.79. The number of benzene rings is 3. The Bertz CT molecular complexity index is 1240. The number of hydrogen-bond acceptors (Lipinski definition) is 5. The molecule has 3 aromatic carbocycles.